The molecule has 1 nitrogen and oxygen atoms in total. The van der Waals surface area contributed by atoms with Crippen molar-refractivity contribution >= 4 is 65.0 Å². The van der Waals surface area contributed by atoms with Crippen LogP contribution in [0.25, 0.3) is 98.4 Å². The van der Waals surface area contributed by atoms with Crippen LogP contribution in [0.1, 0.15) is 28.9 Å². The molecule has 0 saturated carbocycles. The van der Waals surface area contributed by atoms with Crippen LogP contribution >= 0.6 is 0 Å². The zero-order valence-electron chi connectivity index (χ0n) is 41.6. The highest BCUT2D eigenvalue weighted by Gasteiger charge is 2.19. The molecule has 0 spiro atoms. The maximum atomic E-state index is 9.42. The highest BCUT2D eigenvalue weighted by Crippen LogP contribution is 2.45. The maximum absolute atomic E-state index is 9.42. The van der Waals surface area contributed by atoms with E-state index in [-0.39, 0.29) is 38.2 Å². The van der Waals surface area contributed by atoms with E-state index in [1.807, 2.05) is 66.7 Å². The van der Waals surface area contributed by atoms with Gasteiger partial charge in [0.2, 0.25) is 0 Å². The predicted octanol–water partition coefficient (Wildman–Crippen LogP) is 14.8. The van der Waals surface area contributed by atoms with Crippen LogP contribution in [-0.2, 0) is 6.42 Å². The Morgan fingerprint density at radius 1 is 0.389 bits per heavy atom. The molecule has 1 heteroatoms. The van der Waals surface area contributed by atoms with Crippen LogP contribution in [0, 0.1) is 0 Å². The van der Waals surface area contributed by atoms with Gasteiger partial charge in [0, 0.05) is 10.8 Å². The Kier molecular flexibility index (Phi) is 4.64. The lowest BCUT2D eigenvalue weighted by molar-refractivity contribution is 0.669. The van der Waals surface area contributed by atoms with Gasteiger partial charge in [-0.15, -0.1) is 0 Å². The van der Waals surface area contributed by atoms with Crippen molar-refractivity contribution in [2.45, 2.75) is 6.42 Å². The van der Waals surface area contributed by atoms with Crippen molar-refractivity contribution in [1.82, 2.24) is 0 Å². The van der Waals surface area contributed by atoms with Gasteiger partial charge < -0.3 is 4.42 Å². The first-order valence-electron chi connectivity index (χ1n) is 24.2. The number of rotatable bonds is 5. The second kappa shape index (κ2) is 12.3. The molecule has 0 radical (unpaired) electrons. The smallest absolute Gasteiger partial charge is 0.136 e. The standard InChI is InChI=1S/C53H34O/c1-2-13-34(14-3-1)31-49-43-20-8-10-22-46(43)53(47-23-11-9-21-44(47)49)48-29-28-40(41-18-6-7-19-42(41)48)37-25-27-45-50-32-36(26-30-51(50)54-52(45)33-37)39-24-12-16-35-15-4-5-17-38(35)39/h1-30,32-33H,31H2/i1D,2D,3D,8D,9D,10D,11D,13D,14D,20D,21D,22D,23D. The van der Waals surface area contributed by atoms with Crippen LogP contribution in [0.3, 0.4) is 0 Å². The summed E-state index contributed by atoms with van der Waals surface area (Å²) >= 11 is 0. The summed E-state index contributed by atoms with van der Waals surface area (Å²) in [5.41, 5.74) is 5.61. The van der Waals surface area contributed by atoms with Gasteiger partial charge in [-0.25, -0.2) is 0 Å². The first-order valence-corrected chi connectivity index (χ1v) is 17.7. The summed E-state index contributed by atoms with van der Waals surface area (Å²) in [4.78, 5) is 0. The Morgan fingerprint density at radius 3 is 1.76 bits per heavy atom. The van der Waals surface area contributed by atoms with Crippen LogP contribution in [0.4, 0.5) is 0 Å². The molecule has 1 heterocycles. The minimum Gasteiger partial charge on any atom is -0.456 e. The van der Waals surface area contributed by atoms with Crippen molar-refractivity contribution in [3.63, 3.8) is 0 Å². The minimum atomic E-state index is -0.619. The predicted molar refractivity (Wildman–Crippen MR) is 229 cm³/mol. The summed E-state index contributed by atoms with van der Waals surface area (Å²) < 4.78 is 122. The topological polar surface area (TPSA) is 13.1 Å². The van der Waals surface area contributed by atoms with Gasteiger partial charge in [0.05, 0.1) is 17.8 Å². The lowest BCUT2D eigenvalue weighted by Crippen LogP contribution is -1.96. The van der Waals surface area contributed by atoms with E-state index in [2.05, 4.69) is 42.5 Å². The fraction of sp³-hybridized carbons (Fsp3) is 0.0189. The average Bonchev–Trinajstić information content (AvgIpc) is 3.72. The molecule has 252 valence electrons. The largest absolute Gasteiger partial charge is 0.456 e. The molecule has 0 atom stereocenters. The zero-order chi connectivity index (χ0) is 46.9. The summed E-state index contributed by atoms with van der Waals surface area (Å²) in [7, 11) is 0. The second-order valence-electron chi connectivity index (χ2n) is 13.4. The molecule has 0 aliphatic carbocycles. The number of hydrogen-bond donors (Lipinski definition) is 0. The molecule has 1 aromatic heterocycles. The molecule has 11 aromatic rings. The Hall–Kier alpha value is -6.96. The second-order valence-corrected chi connectivity index (χ2v) is 13.4. The first-order chi connectivity index (χ1) is 32.2. The van der Waals surface area contributed by atoms with Crippen molar-refractivity contribution in [1.29, 1.82) is 0 Å². The molecule has 0 aliphatic rings. The fourth-order valence-electron chi connectivity index (χ4n) is 8.05. The van der Waals surface area contributed by atoms with Crippen molar-refractivity contribution in [3.8, 4) is 33.4 Å². The van der Waals surface area contributed by atoms with Gasteiger partial charge in [0.15, 0.2) is 0 Å². The van der Waals surface area contributed by atoms with E-state index in [0.29, 0.717) is 16.5 Å². The molecule has 0 fully saturated rings. The van der Waals surface area contributed by atoms with E-state index in [0.717, 1.165) is 54.8 Å². The van der Waals surface area contributed by atoms with Crippen molar-refractivity contribution < 1.29 is 22.2 Å². The highest BCUT2D eigenvalue weighted by molar-refractivity contribution is 6.20. The van der Waals surface area contributed by atoms with E-state index in [9.17, 15) is 5.48 Å². The molecular weight excluding hydrogens is 653 g/mol. The molecule has 0 bridgehead atoms. The molecule has 10 aromatic carbocycles. The van der Waals surface area contributed by atoms with Crippen LogP contribution < -0.4 is 0 Å². The molecular formula is C53H34O. The highest BCUT2D eigenvalue weighted by atomic mass is 16.3. The lowest BCUT2D eigenvalue weighted by Gasteiger charge is -2.19. The number of benzene rings is 10. The Bertz CT molecular complexity index is 3890. The van der Waals surface area contributed by atoms with Gasteiger partial charge in [-0.1, -0.05) is 170 Å². The van der Waals surface area contributed by atoms with E-state index < -0.39 is 85.0 Å². The van der Waals surface area contributed by atoms with E-state index in [1.165, 1.54) is 0 Å². The summed E-state index contributed by atoms with van der Waals surface area (Å²) in [6.07, 6.45) is -0.498. The van der Waals surface area contributed by atoms with E-state index in [4.69, 9.17) is 16.8 Å². The molecule has 0 saturated heterocycles. The first kappa shape index (κ1) is 20.3. The van der Waals surface area contributed by atoms with Crippen molar-refractivity contribution in [2.75, 3.05) is 0 Å². The number of hydrogen-bond acceptors (Lipinski definition) is 1. The summed E-state index contributed by atoms with van der Waals surface area (Å²) in [6.45, 7) is 0. The molecule has 11 rings (SSSR count). The van der Waals surface area contributed by atoms with Crippen molar-refractivity contribution in [3.05, 3.63) is 205 Å². The molecule has 0 unspecified atom stereocenters. The van der Waals surface area contributed by atoms with Gasteiger partial charge in [-0.05, 0) is 118 Å². The van der Waals surface area contributed by atoms with Gasteiger partial charge >= 0.3 is 0 Å². The third-order valence-electron chi connectivity index (χ3n) is 10.5. The van der Waals surface area contributed by atoms with Gasteiger partial charge in [0.1, 0.15) is 11.2 Å². The van der Waals surface area contributed by atoms with E-state index >= 15 is 0 Å². The zero-order valence-corrected chi connectivity index (χ0v) is 28.6. The summed E-state index contributed by atoms with van der Waals surface area (Å²) in [5, 5.41) is 5.35. The molecule has 0 N–H and O–H groups in total. The number of fused-ring (bicyclic) bond motifs is 7. The molecule has 0 aliphatic heterocycles. The van der Waals surface area contributed by atoms with Crippen LogP contribution in [0.15, 0.2) is 198 Å². The average molecular weight is 700 g/mol. The molecule has 0 amide bonds. The van der Waals surface area contributed by atoms with Crippen molar-refractivity contribution in [2.24, 2.45) is 0 Å². The Morgan fingerprint density at radius 2 is 0.981 bits per heavy atom. The number of furan rings is 1. The monoisotopic (exact) mass is 699 g/mol. The summed E-state index contributed by atoms with van der Waals surface area (Å²) in [6, 6.07) is 30.8. The van der Waals surface area contributed by atoms with Gasteiger partial charge in [0.25, 0.3) is 0 Å². The lowest BCUT2D eigenvalue weighted by atomic mass is 9.84. The Balaban J connectivity index is 1.16. The Labute approximate surface area is 331 Å². The quantitative estimate of drug-likeness (QED) is 0.163. The van der Waals surface area contributed by atoms with Crippen LogP contribution in [-0.4, -0.2) is 0 Å². The molecule has 54 heavy (non-hydrogen) atoms. The fourth-order valence-corrected chi connectivity index (χ4v) is 8.05. The third kappa shape index (κ3) is 4.86. The maximum Gasteiger partial charge on any atom is 0.136 e. The minimum absolute atomic E-state index is 0.0180. The SMILES string of the molecule is [2H]c1c([2H])c([2H])c(Cc2c3c([2H])c([2H])c([2H])c([2H])c3c(-c3ccc(-c4ccc5c(c4)oc4ccc(-c6cccc7ccccc67)cc45)c4ccccc34)c3c([2H])c([2H])c([2H])c([2H])c23)c([2H])c1[2H]. The van der Waals surface area contributed by atoms with Gasteiger partial charge in [-0.3, -0.25) is 0 Å². The summed E-state index contributed by atoms with van der Waals surface area (Å²) in [5.74, 6) is 0. The van der Waals surface area contributed by atoms with Crippen LogP contribution in [0.5, 0.6) is 0 Å². The third-order valence-corrected chi connectivity index (χ3v) is 10.5. The van der Waals surface area contributed by atoms with E-state index in [1.54, 1.807) is 6.07 Å². The normalized spacial score (nSPS) is 15.1. The van der Waals surface area contributed by atoms with Crippen LogP contribution in [0.2, 0.25) is 0 Å². The van der Waals surface area contributed by atoms with Gasteiger partial charge in [-0.2, -0.15) is 0 Å².